The van der Waals surface area contributed by atoms with E-state index in [0.29, 0.717) is 34.7 Å². The average Bonchev–Trinajstić information content (AvgIpc) is 2.73. The number of carbonyl (C=O) groups is 2. The van der Waals surface area contributed by atoms with Crippen molar-refractivity contribution in [1.82, 2.24) is 0 Å². The monoisotopic (exact) mass is 505 g/mol. The van der Waals surface area contributed by atoms with E-state index < -0.39 is 0 Å². The molecule has 0 bridgehead atoms. The van der Waals surface area contributed by atoms with Crippen molar-refractivity contribution in [2.24, 2.45) is 0 Å². The number of halogens is 3. The van der Waals surface area contributed by atoms with Crippen LogP contribution in [0.1, 0.15) is 28.8 Å². The Morgan fingerprint density at radius 2 is 1.73 bits per heavy atom. The summed E-state index contributed by atoms with van der Waals surface area (Å²) in [5.74, 6) is 0.0230. The molecule has 0 atom stereocenters. The average molecular weight is 507 g/mol. The lowest BCUT2D eigenvalue weighted by atomic mass is 10.0. The standard InChI is InChI=1S/C23H18BrClFNO2S/c24-15-7-12-21(19(14-15)23(29)18-4-1-2-5-20(18)25)27-22(28)6-3-13-30-17-10-8-16(26)9-11-17/h1-2,4-5,7-12,14H,3,6,13H2,(H,27,28). The van der Waals surface area contributed by atoms with Crippen molar-refractivity contribution < 1.29 is 14.0 Å². The van der Waals surface area contributed by atoms with Gasteiger partial charge in [-0.2, -0.15) is 0 Å². The van der Waals surface area contributed by atoms with Crippen LogP contribution < -0.4 is 5.32 Å². The van der Waals surface area contributed by atoms with Crippen molar-refractivity contribution in [3.05, 3.63) is 93.2 Å². The molecule has 1 amide bonds. The largest absolute Gasteiger partial charge is 0.325 e. The van der Waals surface area contributed by atoms with Gasteiger partial charge in [-0.1, -0.05) is 39.7 Å². The van der Waals surface area contributed by atoms with Crippen molar-refractivity contribution in [2.75, 3.05) is 11.1 Å². The summed E-state index contributed by atoms with van der Waals surface area (Å²) < 4.78 is 13.7. The topological polar surface area (TPSA) is 46.2 Å². The van der Waals surface area contributed by atoms with Gasteiger partial charge in [0.15, 0.2) is 5.78 Å². The van der Waals surface area contributed by atoms with Crippen LogP contribution in [0.2, 0.25) is 5.02 Å². The minimum atomic E-state index is -0.268. The van der Waals surface area contributed by atoms with Gasteiger partial charge >= 0.3 is 0 Å². The van der Waals surface area contributed by atoms with E-state index in [-0.39, 0.29) is 17.5 Å². The fraction of sp³-hybridized carbons (Fsp3) is 0.130. The SMILES string of the molecule is O=C(CCCSc1ccc(F)cc1)Nc1ccc(Br)cc1C(=O)c1ccccc1Cl. The summed E-state index contributed by atoms with van der Waals surface area (Å²) >= 11 is 11.1. The zero-order valence-corrected chi connectivity index (χ0v) is 19.0. The number of benzene rings is 3. The van der Waals surface area contributed by atoms with Crippen LogP contribution in [0.5, 0.6) is 0 Å². The molecule has 30 heavy (non-hydrogen) atoms. The molecule has 0 aromatic heterocycles. The third-order valence-corrected chi connectivity index (χ3v) is 6.17. The lowest BCUT2D eigenvalue weighted by Crippen LogP contribution is -2.15. The van der Waals surface area contributed by atoms with Crippen molar-refractivity contribution in [2.45, 2.75) is 17.7 Å². The first kappa shape index (κ1) is 22.5. The van der Waals surface area contributed by atoms with Crippen LogP contribution in [-0.2, 0) is 4.79 Å². The number of ketones is 1. The first-order valence-corrected chi connectivity index (χ1v) is 11.4. The molecule has 3 rings (SSSR count). The summed E-state index contributed by atoms with van der Waals surface area (Å²) in [7, 11) is 0. The Bertz CT molecular complexity index is 1060. The number of amides is 1. The second-order valence-corrected chi connectivity index (χ2v) is 8.94. The highest BCUT2D eigenvalue weighted by molar-refractivity contribution is 9.10. The number of anilines is 1. The Labute approximate surface area is 192 Å². The Morgan fingerprint density at radius 3 is 2.47 bits per heavy atom. The van der Waals surface area contributed by atoms with Crippen molar-refractivity contribution in [3.63, 3.8) is 0 Å². The molecule has 0 fully saturated rings. The molecule has 154 valence electrons. The lowest BCUT2D eigenvalue weighted by molar-refractivity contribution is -0.116. The summed E-state index contributed by atoms with van der Waals surface area (Å²) in [5, 5.41) is 3.19. The van der Waals surface area contributed by atoms with E-state index in [9.17, 15) is 14.0 Å². The first-order valence-electron chi connectivity index (χ1n) is 9.21. The Kier molecular flexibility index (Phi) is 8.08. The van der Waals surface area contributed by atoms with E-state index in [1.165, 1.54) is 12.1 Å². The number of thioether (sulfide) groups is 1. The molecule has 0 radical (unpaired) electrons. The van der Waals surface area contributed by atoms with Gasteiger partial charge in [0.25, 0.3) is 0 Å². The summed E-state index contributed by atoms with van der Waals surface area (Å²) in [6.45, 7) is 0. The normalized spacial score (nSPS) is 10.6. The third-order valence-electron chi connectivity index (χ3n) is 4.25. The highest BCUT2D eigenvalue weighted by atomic mass is 79.9. The number of rotatable bonds is 8. The number of hydrogen-bond donors (Lipinski definition) is 1. The van der Waals surface area contributed by atoms with Crippen LogP contribution >= 0.6 is 39.3 Å². The smallest absolute Gasteiger partial charge is 0.224 e. The summed E-state index contributed by atoms with van der Waals surface area (Å²) in [6, 6.07) is 18.2. The van der Waals surface area contributed by atoms with Crippen LogP contribution in [-0.4, -0.2) is 17.4 Å². The van der Waals surface area contributed by atoms with Gasteiger partial charge in [-0.05, 0) is 66.8 Å². The fourth-order valence-corrected chi connectivity index (χ4v) is 4.21. The zero-order chi connectivity index (χ0) is 21.5. The summed E-state index contributed by atoms with van der Waals surface area (Å²) in [6.07, 6.45) is 0.960. The second kappa shape index (κ2) is 10.8. The van der Waals surface area contributed by atoms with E-state index >= 15 is 0 Å². The Balaban J connectivity index is 1.62. The predicted octanol–water partition coefficient (Wildman–Crippen LogP) is 6.98. The molecule has 0 saturated carbocycles. The second-order valence-electron chi connectivity index (χ2n) is 6.45. The summed E-state index contributed by atoms with van der Waals surface area (Å²) in [5.41, 5.74) is 1.19. The van der Waals surface area contributed by atoms with Crippen LogP contribution in [0.25, 0.3) is 0 Å². The molecule has 3 aromatic rings. The molecule has 0 aliphatic heterocycles. The molecule has 0 saturated heterocycles. The Hall–Kier alpha value is -2.15. The molecular weight excluding hydrogens is 489 g/mol. The number of carbonyl (C=O) groups excluding carboxylic acids is 2. The molecule has 0 aliphatic carbocycles. The molecule has 0 aliphatic rings. The van der Waals surface area contributed by atoms with Gasteiger partial charge < -0.3 is 5.32 Å². The van der Waals surface area contributed by atoms with Gasteiger partial charge in [0, 0.05) is 26.9 Å². The van der Waals surface area contributed by atoms with Gasteiger partial charge in [-0.3, -0.25) is 9.59 Å². The summed E-state index contributed by atoms with van der Waals surface area (Å²) in [4.78, 5) is 26.3. The van der Waals surface area contributed by atoms with Gasteiger partial charge in [-0.15, -0.1) is 11.8 Å². The molecule has 0 spiro atoms. The van der Waals surface area contributed by atoms with Crippen LogP contribution in [0.3, 0.4) is 0 Å². The Morgan fingerprint density at radius 1 is 1.00 bits per heavy atom. The maximum absolute atomic E-state index is 13.0. The molecule has 3 aromatic carbocycles. The van der Waals surface area contributed by atoms with Crippen molar-refractivity contribution in [3.8, 4) is 0 Å². The molecule has 7 heteroatoms. The molecule has 1 N–H and O–H groups in total. The van der Waals surface area contributed by atoms with Crippen molar-refractivity contribution in [1.29, 1.82) is 0 Å². The minimum Gasteiger partial charge on any atom is -0.325 e. The van der Waals surface area contributed by atoms with E-state index in [0.717, 1.165) is 15.1 Å². The quantitative estimate of drug-likeness (QED) is 0.204. The van der Waals surface area contributed by atoms with E-state index in [1.807, 2.05) is 0 Å². The van der Waals surface area contributed by atoms with Gasteiger partial charge in [0.1, 0.15) is 5.82 Å². The first-order chi connectivity index (χ1) is 14.4. The van der Waals surface area contributed by atoms with E-state index in [1.54, 1.807) is 66.4 Å². The van der Waals surface area contributed by atoms with Crippen LogP contribution in [0, 0.1) is 5.82 Å². The maximum Gasteiger partial charge on any atom is 0.224 e. The van der Waals surface area contributed by atoms with Crippen molar-refractivity contribution >= 4 is 56.7 Å². The zero-order valence-electron chi connectivity index (χ0n) is 15.8. The fourth-order valence-electron chi connectivity index (χ4n) is 2.77. The predicted molar refractivity (Wildman–Crippen MR) is 124 cm³/mol. The van der Waals surface area contributed by atoms with Gasteiger partial charge in [0.05, 0.1) is 10.7 Å². The number of nitrogens with one attached hydrogen (secondary N) is 1. The van der Waals surface area contributed by atoms with Gasteiger partial charge in [-0.25, -0.2) is 4.39 Å². The van der Waals surface area contributed by atoms with Crippen LogP contribution in [0.15, 0.2) is 76.1 Å². The van der Waals surface area contributed by atoms with E-state index in [2.05, 4.69) is 21.2 Å². The lowest BCUT2D eigenvalue weighted by Gasteiger charge is -2.12. The third kappa shape index (κ3) is 6.17. The molecule has 0 unspecified atom stereocenters. The highest BCUT2D eigenvalue weighted by Gasteiger charge is 2.18. The minimum absolute atomic E-state index is 0.176. The highest BCUT2D eigenvalue weighted by Crippen LogP contribution is 2.27. The number of hydrogen-bond acceptors (Lipinski definition) is 3. The molecule has 0 heterocycles. The molecule has 3 nitrogen and oxygen atoms in total. The van der Waals surface area contributed by atoms with E-state index in [4.69, 9.17) is 11.6 Å². The van der Waals surface area contributed by atoms with Crippen LogP contribution in [0.4, 0.5) is 10.1 Å². The molecular formula is C23H18BrClFNO2S. The maximum atomic E-state index is 13.0. The van der Waals surface area contributed by atoms with Gasteiger partial charge in [0.2, 0.25) is 5.91 Å².